The number of carbonyl (C=O) groups excluding carboxylic acids is 1. The topological polar surface area (TPSA) is 54.9 Å². The van der Waals surface area contributed by atoms with E-state index in [2.05, 4.69) is 26.2 Å². The van der Waals surface area contributed by atoms with E-state index in [0.29, 0.717) is 5.56 Å². The van der Waals surface area contributed by atoms with Crippen LogP contribution in [0.3, 0.4) is 0 Å². The lowest BCUT2D eigenvalue weighted by molar-refractivity contribution is 0.102. The number of pyridine rings is 1. The summed E-state index contributed by atoms with van der Waals surface area (Å²) in [7, 11) is 0. The van der Waals surface area contributed by atoms with Crippen LogP contribution in [0.2, 0.25) is 0 Å². The smallest absolute Gasteiger partial charge is 0.256 e. The first-order chi connectivity index (χ1) is 13.2. The zero-order chi connectivity index (χ0) is 18.6. The van der Waals surface area contributed by atoms with Crippen molar-refractivity contribution in [1.29, 1.82) is 0 Å². The van der Waals surface area contributed by atoms with Crippen LogP contribution in [-0.4, -0.2) is 15.9 Å². The first kappa shape index (κ1) is 17.6. The van der Waals surface area contributed by atoms with Gasteiger partial charge in [0.2, 0.25) is 0 Å². The van der Waals surface area contributed by atoms with E-state index in [1.807, 2.05) is 60.0 Å². The molecule has 0 aliphatic heterocycles. The number of carbonyl (C=O) groups is 1. The third-order valence-corrected chi connectivity index (χ3v) is 5.53. The van der Waals surface area contributed by atoms with Gasteiger partial charge in [-0.25, -0.2) is 4.98 Å². The van der Waals surface area contributed by atoms with E-state index >= 15 is 0 Å². The summed E-state index contributed by atoms with van der Waals surface area (Å²) in [6, 6.07) is 18.9. The van der Waals surface area contributed by atoms with E-state index in [1.165, 1.54) is 0 Å². The number of benzene rings is 2. The van der Waals surface area contributed by atoms with Gasteiger partial charge in [0.25, 0.3) is 5.91 Å². The molecule has 1 amide bonds. The molecule has 27 heavy (non-hydrogen) atoms. The van der Waals surface area contributed by atoms with E-state index in [1.54, 1.807) is 29.8 Å². The summed E-state index contributed by atoms with van der Waals surface area (Å²) in [5, 5.41) is 5.87. The molecule has 0 aliphatic rings. The second-order valence-electron chi connectivity index (χ2n) is 5.79. The van der Waals surface area contributed by atoms with Crippen molar-refractivity contribution >= 4 is 38.9 Å². The fourth-order valence-corrected chi connectivity index (χ4v) is 3.91. The number of amides is 1. The summed E-state index contributed by atoms with van der Waals surface area (Å²) in [4.78, 5) is 21.4. The molecule has 0 saturated heterocycles. The molecular weight excluding hydrogens is 422 g/mol. The highest BCUT2D eigenvalue weighted by atomic mass is 79.9. The van der Waals surface area contributed by atoms with E-state index in [9.17, 15) is 4.79 Å². The van der Waals surface area contributed by atoms with Crippen LogP contribution >= 0.6 is 27.3 Å². The number of thiazole rings is 1. The van der Waals surface area contributed by atoms with Crippen molar-refractivity contribution in [2.24, 2.45) is 0 Å². The Hall–Kier alpha value is -2.83. The highest BCUT2D eigenvalue weighted by molar-refractivity contribution is 9.10. The van der Waals surface area contributed by atoms with Gasteiger partial charge in [-0.15, -0.1) is 11.3 Å². The number of nitrogens with zero attached hydrogens (tertiary/aromatic N) is 2. The predicted octanol–water partition coefficient (Wildman–Crippen LogP) is 5.89. The van der Waals surface area contributed by atoms with Gasteiger partial charge < -0.3 is 5.32 Å². The number of rotatable bonds is 4. The number of halogens is 1. The van der Waals surface area contributed by atoms with Crippen molar-refractivity contribution in [3.63, 3.8) is 0 Å². The van der Waals surface area contributed by atoms with E-state index in [-0.39, 0.29) is 5.91 Å². The van der Waals surface area contributed by atoms with Crippen LogP contribution < -0.4 is 5.32 Å². The highest BCUT2D eigenvalue weighted by Gasteiger charge is 2.11. The van der Waals surface area contributed by atoms with Gasteiger partial charge in [0, 0.05) is 39.1 Å². The fraction of sp³-hybridized carbons (Fsp3) is 0. The lowest BCUT2D eigenvalue weighted by atomic mass is 10.1. The second-order valence-corrected chi connectivity index (χ2v) is 7.51. The minimum atomic E-state index is -0.158. The van der Waals surface area contributed by atoms with Crippen molar-refractivity contribution in [1.82, 2.24) is 9.97 Å². The van der Waals surface area contributed by atoms with Crippen molar-refractivity contribution in [2.45, 2.75) is 0 Å². The zero-order valence-corrected chi connectivity index (χ0v) is 16.5. The summed E-state index contributed by atoms with van der Waals surface area (Å²) in [6.07, 6.45) is 3.55. The number of aromatic nitrogens is 2. The first-order valence-corrected chi connectivity index (χ1v) is 9.90. The van der Waals surface area contributed by atoms with Gasteiger partial charge in [0.15, 0.2) is 0 Å². The van der Waals surface area contributed by atoms with Crippen LogP contribution in [0.4, 0.5) is 5.69 Å². The second kappa shape index (κ2) is 7.82. The summed E-state index contributed by atoms with van der Waals surface area (Å²) in [6.45, 7) is 0. The van der Waals surface area contributed by atoms with Gasteiger partial charge in [0.05, 0.1) is 11.3 Å². The molecule has 2 heterocycles. The van der Waals surface area contributed by atoms with Gasteiger partial charge in [0.1, 0.15) is 5.01 Å². The minimum Gasteiger partial charge on any atom is -0.322 e. The summed E-state index contributed by atoms with van der Waals surface area (Å²) >= 11 is 4.98. The van der Waals surface area contributed by atoms with E-state index < -0.39 is 0 Å². The summed E-state index contributed by atoms with van der Waals surface area (Å²) in [5.41, 5.74) is 4.13. The van der Waals surface area contributed by atoms with Crippen molar-refractivity contribution in [3.8, 4) is 21.8 Å². The van der Waals surface area contributed by atoms with E-state index in [4.69, 9.17) is 4.98 Å². The largest absolute Gasteiger partial charge is 0.322 e. The Morgan fingerprint density at radius 3 is 2.67 bits per heavy atom. The lowest BCUT2D eigenvalue weighted by Gasteiger charge is -2.08. The lowest BCUT2D eigenvalue weighted by Crippen LogP contribution is -2.12. The van der Waals surface area contributed by atoms with Crippen LogP contribution in [-0.2, 0) is 0 Å². The molecule has 0 aliphatic carbocycles. The highest BCUT2D eigenvalue weighted by Crippen LogP contribution is 2.29. The summed E-state index contributed by atoms with van der Waals surface area (Å²) < 4.78 is 0.763. The maximum atomic E-state index is 12.5. The number of hydrogen-bond donors (Lipinski definition) is 1. The van der Waals surface area contributed by atoms with Gasteiger partial charge in [-0.05, 0) is 52.3 Å². The Kier molecular flexibility index (Phi) is 5.09. The first-order valence-electron chi connectivity index (χ1n) is 8.23. The molecule has 1 N–H and O–H groups in total. The van der Waals surface area contributed by atoms with Crippen LogP contribution in [0.5, 0.6) is 0 Å². The van der Waals surface area contributed by atoms with Crippen molar-refractivity contribution in [3.05, 3.63) is 88.5 Å². The Bertz CT molecular complexity index is 1100. The normalized spacial score (nSPS) is 10.6. The molecule has 0 unspecified atom stereocenters. The summed E-state index contributed by atoms with van der Waals surface area (Å²) in [5.74, 6) is -0.158. The predicted molar refractivity (Wildman–Crippen MR) is 113 cm³/mol. The van der Waals surface area contributed by atoms with Crippen LogP contribution in [0.1, 0.15) is 10.4 Å². The molecular formula is C21H14BrN3OS. The van der Waals surface area contributed by atoms with Gasteiger partial charge in [-0.2, -0.15) is 0 Å². The molecule has 0 fully saturated rings. The molecule has 0 saturated carbocycles. The SMILES string of the molecule is O=C(Nc1cccc(-c2csc(-c3cccnc3)n2)c1)c1ccccc1Br. The van der Waals surface area contributed by atoms with Gasteiger partial charge in [-0.3, -0.25) is 9.78 Å². The van der Waals surface area contributed by atoms with E-state index in [0.717, 1.165) is 32.0 Å². The Morgan fingerprint density at radius 1 is 1.00 bits per heavy atom. The van der Waals surface area contributed by atoms with Gasteiger partial charge >= 0.3 is 0 Å². The van der Waals surface area contributed by atoms with Crippen LogP contribution in [0.15, 0.2) is 82.9 Å². The third kappa shape index (κ3) is 3.97. The molecule has 4 aromatic rings. The quantitative estimate of drug-likeness (QED) is 0.434. The Balaban J connectivity index is 1.57. The van der Waals surface area contributed by atoms with Crippen LogP contribution in [0, 0.1) is 0 Å². The van der Waals surface area contributed by atoms with Crippen LogP contribution in [0.25, 0.3) is 21.8 Å². The third-order valence-electron chi connectivity index (χ3n) is 3.95. The number of hydrogen-bond acceptors (Lipinski definition) is 4. The standard InChI is InChI=1S/C21H14BrN3OS/c22-18-9-2-1-8-17(18)20(26)24-16-7-3-5-14(11-16)19-13-27-21(25-19)15-6-4-10-23-12-15/h1-13H,(H,24,26). The molecule has 0 radical (unpaired) electrons. The zero-order valence-electron chi connectivity index (χ0n) is 14.1. The fourth-order valence-electron chi connectivity index (χ4n) is 2.63. The molecule has 4 nitrogen and oxygen atoms in total. The van der Waals surface area contributed by atoms with Crippen molar-refractivity contribution < 1.29 is 4.79 Å². The Morgan fingerprint density at radius 2 is 1.85 bits per heavy atom. The number of nitrogens with one attached hydrogen (secondary N) is 1. The average molecular weight is 436 g/mol. The maximum Gasteiger partial charge on any atom is 0.256 e. The number of anilines is 1. The average Bonchev–Trinajstić information content (AvgIpc) is 3.19. The molecule has 6 heteroatoms. The molecule has 4 rings (SSSR count). The molecule has 0 bridgehead atoms. The maximum absolute atomic E-state index is 12.5. The molecule has 0 spiro atoms. The van der Waals surface area contributed by atoms with Gasteiger partial charge in [-0.1, -0.05) is 24.3 Å². The Labute approximate surface area is 169 Å². The molecule has 2 aromatic heterocycles. The molecule has 2 aromatic carbocycles. The monoisotopic (exact) mass is 435 g/mol. The minimum absolute atomic E-state index is 0.158. The molecule has 0 atom stereocenters. The molecule has 132 valence electrons. The van der Waals surface area contributed by atoms with Crippen molar-refractivity contribution in [2.75, 3.05) is 5.32 Å².